The van der Waals surface area contributed by atoms with Crippen LogP contribution in [0.25, 0.3) is 0 Å². The molecule has 0 unspecified atom stereocenters. The molecule has 0 aliphatic rings. The number of rotatable bonds is 5. The minimum atomic E-state index is -0.745. The minimum Gasteiger partial charge on any atom is -0.481 e. The van der Waals surface area contributed by atoms with Crippen molar-refractivity contribution < 1.29 is 9.90 Å². The largest absolute Gasteiger partial charge is 0.481 e. The first-order valence-electron chi connectivity index (χ1n) is 4.46. The Labute approximate surface area is 79.9 Å². The lowest BCUT2D eigenvalue weighted by molar-refractivity contribution is -0.136. The molecule has 0 saturated carbocycles. The Kier molecular flexibility index (Phi) is 15.9. The van der Waals surface area contributed by atoms with Crippen LogP contribution in [0, 0.1) is 0 Å². The van der Waals surface area contributed by atoms with E-state index in [0.29, 0.717) is 0 Å². The molecule has 0 atom stereocenters. The van der Waals surface area contributed by atoms with Crippen LogP contribution in [0.2, 0.25) is 0 Å². The summed E-state index contributed by atoms with van der Waals surface area (Å²) in [4.78, 5) is 9.37. The first kappa shape index (κ1) is 14.3. The van der Waals surface area contributed by atoms with Crippen molar-refractivity contribution in [1.29, 1.82) is 0 Å². The van der Waals surface area contributed by atoms with Crippen LogP contribution in [-0.4, -0.2) is 17.0 Å². The fourth-order valence-corrected chi connectivity index (χ4v) is 0.710. The SMILES string of the molecule is CCC(=O)O.CCCCCCCl. The van der Waals surface area contributed by atoms with E-state index >= 15 is 0 Å². The zero-order chi connectivity index (χ0) is 9.82. The van der Waals surface area contributed by atoms with Crippen LogP contribution >= 0.6 is 11.6 Å². The number of unbranched alkanes of at least 4 members (excludes halogenated alkanes) is 3. The van der Waals surface area contributed by atoms with Crippen LogP contribution in [0.5, 0.6) is 0 Å². The van der Waals surface area contributed by atoms with Crippen LogP contribution in [-0.2, 0) is 4.79 Å². The van der Waals surface area contributed by atoms with E-state index in [1.807, 2.05) is 0 Å². The smallest absolute Gasteiger partial charge is 0.303 e. The van der Waals surface area contributed by atoms with Crippen molar-refractivity contribution in [3.8, 4) is 0 Å². The van der Waals surface area contributed by atoms with Crippen LogP contribution in [0.15, 0.2) is 0 Å². The Morgan fingerprint density at radius 1 is 1.25 bits per heavy atom. The average molecular weight is 195 g/mol. The van der Waals surface area contributed by atoms with Gasteiger partial charge in [-0.3, -0.25) is 4.79 Å². The number of carboxylic acids is 1. The van der Waals surface area contributed by atoms with E-state index in [2.05, 4.69) is 6.92 Å². The van der Waals surface area contributed by atoms with Crippen LogP contribution in [0.1, 0.15) is 46.0 Å². The molecule has 0 fully saturated rings. The molecule has 1 N–H and O–H groups in total. The van der Waals surface area contributed by atoms with Crippen molar-refractivity contribution in [2.24, 2.45) is 0 Å². The second kappa shape index (κ2) is 13.4. The zero-order valence-electron chi connectivity index (χ0n) is 7.98. The monoisotopic (exact) mass is 194 g/mol. The van der Waals surface area contributed by atoms with E-state index in [1.54, 1.807) is 6.92 Å². The van der Waals surface area contributed by atoms with Gasteiger partial charge in [-0.2, -0.15) is 0 Å². The fraction of sp³-hybridized carbons (Fsp3) is 0.889. The molecule has 3 heteroatoms. The molecule has 0 aromatic carbocycles. The summed E-state index contributed by atoms with van der Waals surface area (Å²) in [6.45, 7) is 3.80. The molecule has 2 nitrogen and oxygen atoms in total. The van der Waals surface area contributed by atoms with Gasteiger partial charge in [-0.15, -0.1) is 11.6 Å². The first-order chi connectivity index (χ1) is 5.68. The summed E-state index contributed by atoms with van der Waals surface area (Å²) in [6, 6.07) is 0. The summed E-state index contributed by atoms with van der Waals surface area (Å²) in [5, 5.41) is 7.72. The summed E-state index contributed by atoms with van der Waals surface area (Å²) in [5.41, 5.74) is 0. The van der Waals surface area contributed by atoms with Gasteiger partial charge in [0.15, 0.2) is 0 Å². The van der Waals surface area contributed by atoms with Crippen molar-refractivity contribution in [2.75, 3.05) is 5.88 Å². The number of hydrogen-bond donors (Lipinski definition) is 1. The summed E-state index contributed by atoms with van der Waals surface area (Å²) in [7, 11) is 0. The van der Waals surface area contributed by atoms with Crippen molar-refractivity contribution in [2.45, 2.75) is 46.0 Å². The van der Waals surface area contributed by atoms with Crippen molar-refractivity contribution >= 4 is 17.6 Å². The molecule has 0 amide bonds. The predicted octanol–water partition coefficient (Wildman–Crippen LogP) is 3.29. The van der Waals surface area contributed by atoms with Gasteiger partial charge in [0.2, 0.25) is 0 Å². The number of alkyl halides is 1. The lowest BCUT2D eigenvalue weighted by Gasteiger charge is -1.89. The van der Waals surface area contributed by atoms with E-state index in [4.69, 9.17) is 16.7 Å². The van der Waals surface area contributed by atoms with Gasteiger partial charge in [-0.05, 0) is 6.42 Å². The van der Waals surface area contributed by atoms with Crippen LogP contribution in [0.3, 0.4) is 0 Å². The second-order valence-electron chi connectivity index (χ2n) is 2.50. The molecule has 0 aliphatic carbocycles. The number of hydrogen-bond acceptors (Lipinski definition) is 1. The maximum Gasteiger partial charge on any atom is 0.303 e. The molecular formula is C9H19ClO2. The first-order valence-corrected chi connectivity index (χ1v) is 5.00. The van der Waals surface area contributed by atoms with Gasteiger partial charge >= 0.3 is 5.97 Å². The molecule has 0 aromatic heterocycles. The molecule has 0 spiro atoms. The summed E-state index contributed by atoms with van der Waals surface area (Å²) >= 11 is 5.44. The summed E-state index contributed by atoms with van der Waals surface area (Å²) in [5.74, 6) is 0.0880. The fourth-order valence-electron chi connectivity index (χ4n) is 0.521. The van der Waals surface area contributed by atoms with Crippen molar-refractivity contribution in [3.63, 3.8) is 0 Å². The molecule has 0 bridgehead atoms. The summed E-state index contributed by atoms with van der Waals surface area (Å²) in [6.07, 6.45) is 5.36. The molecule has 0 aliphatic heterocycles. The maximum atomic E-state index is 9.37. The van der Waals surface area contributed by atoms with Gasteiger partial charge in [0.05, 0.1) is 0 Å². The minimum absolute atomic E-state index is 0.222. The second-order valence-corrected chi connectivity index (χ2v) is 2.87. The highest BCUT2D eigenvalue weighted by Gasteiger charge is 1.81. The van der Waals surface area contributed by atoms with E-state index in [1.165, 1.54) is 25.7 Å². The normalized spacial score (nSPS) is 8.58. The molecule has 0 radical (unpaired) electrons. The molecule has 0 saturated heterocycles. The molecule has 0 heterocycles. The van der Waals surface area contributed by atoms with Gasteiger partial charge in [-0.25, -0.2) is 0 Å². The third-order valence-corrected chi connectivity index (χ3v) is 1.56. The highest BCUT2D eigenvalue weighted by molar-refractivity contribution is 6.17. The Bertz CT molecular complexity index is 90.5. The Balaban J connectivity index is 0. The third kappa shape index (κ3) is 22.6. The molecule has 0 aromatic rings. The molecular weight excluding hydrogens is 176 g/mol. The highest BCUT2D eigenvalue weighted by atomic mass is 35.5. The van der Waals surface area contributed by atoms with E-state index in [-0.39, 0.29) is 6.42 Å². The quantitative estimate of drug-likeness (QED) is 0.539. The average Bonchev–Trinajstić information content (AvgIpc) is 2.07. The van der Waals surface area contributed by atoms with Crippen LogP contribution < -0.4 is 0 Å². The molecule has 0 rings (SSSR count). The van der Waals surface area contributed by atoms with E-state index < -0.39 is 5.97 Å². The summed E-state index contributed by atoms with van der Waals surface area (Å²) < 4.78 is 0. The Morgan fingerprint density at radius 3 is 2.00 bits per heavy atom. The Morgan fingerprint density at radius 2 is 1.75 bits per heavy atom. The van der Waals surface area contributed by atoms with Gasteiger partial charge < -0.3 is 5.11 Å². The van der Waals surface area contributed by atoms with E-state index in [0.717, 1.165) is 5.88 Å². The lowest BCUT2D eigenvalue weighted by atomic mass is 10.2. The van der Waals surface area contributed by atoms with Crippen LogP contribution in [0.4, 0.5) is 0 Å². The predicted molar refractivity (Wildman–Crippen MR) is 52.8 cm³/mol. The maximum absolute atomic E-state index is 9.37. The number of halogens is 1. The van der Waals surface area contributed by atoms with E-state index in [9.17, 15) is 4.79 Å². The van der Waals surface area contributed by atoms with Gasteiger partial charge in [0, 0.05) is 12.3 Å². The molecule has 12 heavy (non-hydrogen) atoms. The third-order valence-electron chi connectivity index (χ3n) is 1.29. The lowest BCUT2D eigenvalue weighted by Crippen LogP contribution is -1.86. The Hall–Kier alpha value is -0.240. The standard InChI is InChI=1S/C6H13Cl.C3H6O2/c1-2-3-4-5-6-7;1-2-3(4)5/h2-6H2,1H3;2H2,1H3,(H,4,5). The van der Waals surface area contributed by atoms with Gasteiger partial charge in [0.1, 0.15) is 0 Å². The van der Waals surface area contributed by atoms with Gasteiger partial charge in [-0.1, -0.05) is 33.1 Å². The molecule has 74 valence electrons. The van der Waals surface area contributed by atoms with Gasteiger partial charge in [0.25, 0.3) is 0 Å². The topological polar surface area (TPSA) is 37.3 Å². The highest BCUT2D eigenvalue weighted by Crippen LogP contribution is 1.98. The number of carboxylic acid groups (broad SMARTS) is 1. The van der Waals surface area contributed by atoms with Crippen molar-refractivity contribution in [1.82, 2.24) is 0 Å². The zero-order valence-corrected chi connectivity index (χ0v) is 8.73. The number of aliphatic carboxylic acids is 1. The van der Waals surface area contributed by atoms with Crippen molar-refractivity contribution in [3.05, 3.63) is 0 Å². The number of carbonyl (C=O) groups is 1.